The molecule has 0 saturated carbocycles. The van der Waals surface area contributed by atoms with Crippen molar-refractivity contribution in [2.45, 2.75) is 13.0 Å². The van der Waals surface area contributed by atoms with Gasteiger partial charge in [-0.05, 0) is 31.2 Å². The molecule has 0 radical (unpaired) electrons. The van der Waals surface area contributed by atoms with Crippen molar-refractivity contribution in [2.24, 2.45) is 0 Å². The summed E-state index contributed by atoms with van der Waals surface area (Å²) in [6.45, 7) is 1.02. The Labute approximate surface area is 182 Å². The largest absolute Gasteiger partial charge is 0.490 e. The average molecular weight is 462 g/mol. The number of benzene rings is 1. The first-order valence-electron chi connectivity index (χ1n) is 9.61. The Morgan fingerprint density at radius 3 is 2.75 bits per heavy atom. The Kier molecular flexibility index (Phi) is 5.78. The van der Waals surface area contributed by atoms with E-state index in [-0.39, 0.29) is 6.61 Å². The summed E-state index contributed by atoms with van der Waals surface area (Å²) in [7, 11) is -3.52. The molecular formula is C20H20F2N6O3S. The highest BCUT2D eigenvalue weighted by Crippen LogP contribution is 2.29. The summed E-state index contributed by atoms with van der Waals surface area (Å²) >= 11 is 0. The van der Waals surface area contributed by atoms with Crippen LogP contribution in [-0.2, 0) is 10.0 Å². The molecule has 0 bridgehead atoms. The van der Waals surface area contributed by atoms with Crippen LogP contribution in [0.5, 0.6) is 5.75 Å². The van der Waals surface area contributed by atoms with Crippen LogP contribution in [0.3, 0.4) is 0 Å². The Bertz CT molecular complexity index is 1370. The smallest absolute Gasteiger partial charge is 0.250 e. The van der Waals surface area contributed by atoms with Crippen molar-refractivity contribution in [1.29, 1.82) is 0 Å². The SMILES string of the molecule is CC(Nc1ccn2ncc(-c3cnn(S(C)(=O)=O)c3)c2n1)c1cc(F)ccc1OCCF. The van der Waals surface area contributed by atoms with Crippen LogP contribution in [0.4, 0.5) is 14.6 Å². The number of halogens is 2. The van der Waals surface area contributed by atoms with Crippen LogP contribution in [0.2, 0.25) is 0 Å². The zero-order chi connectivity index (χ0) is 22.9. The fraction of sp³-hybridized carbons (Fsp3) is 0.250. The summed E-state index contributed by atoms with van der Waals surface area (Å²) in [4.78, 5) is 4.57. The molecule has 4 rings (SSSR count). The second kappa shape index (κ2) is 8.54. The monoisotopic (exact) mass is 462 g/mol. The maximum atomic E-state index is 13.8. The minimum atomic E-state index is -3.52. The van der Waals surface area contributed by atoms with Crippen molar-refractivity contribution in [3.05, 3.63) is 60.4 Å². The van der Waals surface area contributed by atoms with Crippen LogP contribution in [0.15, 0.2) is 49.1 Å². The number of ether oxygens (including phenoxy) is 1. The normalized spacial score (nSPS) is 12.8. The molecule has 4 aromatic rings. The molecular weight excluding hydrogens is 442 g/mol. The van der Waals surface area contributed by atoms with Crippen LogP contribution in [0.25, 0.3) is 16.8 Å². The van der Waals surface area contributed by atoms with E-state index in [0.29, 0.717) is 33.9 Å². The first kappa shape index (κ1) is 21.7. The van der Waals surface area contributed by atoms with Gasteiger partial charge in [-0.25, -0.2) is 26.7 Å². The molecule has 0 amide bonds. The van der Waals surface area contributed by atoms with Crippen molar-refractivity contribution in [2.75, 3.05) is 24.9 Å². The summed E-state index contributed by atoms with van der Waals surface area (Å²) in [5.41, 5.74) is 2.12. The van der Waals surface area contributed by atoms with E-state index >= 15 is 0 Å². The zero-order valence-electron chi connectivity index (χ0n) is 17.2. The van der Waals surface area contributed by atoms with Gasteiger partial charge in [0, 0.05) is 22.9 Å². The molecule has 1 N–H and O–H groups in total. The fourth-order valence-electron chi connectivity index (χ4n) is 3.22. The topological polar surface area (TPSA) is 103 Å². The summed E-state index contributed by atoms with van der Waals surface area (Å²) in [6, 6.07) is 5.33. The Morgan fingerprint density at radius 2 is 2.03 bits per heavy atom. The van der Waals surface area contributed by atoms with Crippen LogP contribution >= 0.6 is 0 Å². The minimum absolute atomic E-state index is 0.129. The van der Waals surface area contributed by atoms with E-state index in [4.69, 9.17) is 4.74 Å². The Balaban J connectivity index is 1.65. The third-order valence-corrected chi connectivity index (χ3v) is 5.60. The van der Waals surface area contributed by atoms with E-state index in [1.807, 2.05) is 0 Å². The molecule has 0 aliphatic heterocycles. The first-order chi connectivity index (χ1) is 15.3. The second-order valence-corrected chi connectivity index (χ2v) is 8.93. The molecule has 1 atom stereocenters. The van der Waals surface area contributed by atoms with Gasteiger partial charge in [0.15, 0.2) is 5.65 Å². The van der Waals surface area contributed by atoms with Crippen LogP contribution < -0.4 is 10.1 Å². The van der Waals surface area contributed by atoms with Gasteiger partial charge in [0.25, 0.3) is 10.0 Å². The minimum Gasteiger partial charge on any atom is -0.490 e. The zero-order valence-corrected chi connectivity index (χ0v) is 18.1. The number of aromatic nitrogens is 5. The highest BCUT2D eigenvalue weighted by molar-refractivity contribution is 7.89. The van der Waals surface area contributed by atoms with Crippen molar-refractivity contribution in [1.82, 2.24) is 23.8 Å². The maximum Gasteiger partial charge on any atom is 0.250 e. The molecule has 0 spiro atoms. The lowest BCUT2D eigenvalue weighted by Crippen LogP contribution is -2.11. The van der Waals surface area contributed by atoms with Crippen LogP contribution in [0, 0.1) is 5.82 Å². The lowest BCUT2D eigenvalue weighted by atomic mass is 10.1. The molecule has 3 heterocycles. The van der Waals surface area contributed by atoms with Crippen molar-refractivity contribution < 1.29 is 21.9 Å². The highest BCUT2D eigenvalue weighted by atomic mass is 32.2. The number of rotatable bonds is 8. The number of fused-ring (bicyclic) bond motifs is 1. The predicted octanol–water partition coefficient (Wildman–Crippen LogP) is 3.06. The summed E-state index contributed by atoms with van der Waals surface area (Å²) in [5, 5.41) is 11.3. The number of alkyl halides is 1. The predicted molar refractivity (Wildman–Crippen MR) is 114 cm³/mol. The van der Waals surface area contributed by atoms with Gasteiger partial charge in [0.05, 0.1) is 30.9 Å². The Morgan fingerprint density at radius 1 is 1.22 bits per heavy atom. The molecule has 0 saturated heterocycles. The van der Waals surface area contributed by atoms with Gasteiger partial charge >= 0.3 is 0 Å². The quantitative estimate of drug-likeness (QED) is 0.429. The second-order valence-electron chi connectivity index (χ2n) is 7.09. The third-order valence-electron chi connectivity index (χ3n) is 4.72. The molecule has 0 aliphatic rings. The van der Waals surface area contributed by atoms with Gasteiger partial charge in [-0.2, -0.15) is 14.3 Å². The third kappa shape index (κ3) is 4.40. The van der Waals surface area contributed by atoms with Crippen molar-refractivity contribution in [3.63, 3.8) is 0 Å². The molecule has 12 heteroatoms. The molecule has 3 aromatic heterocycles. The van der Waals surface area contributed by atoms with E-state index < -0.39 is 28.6 Å². The number of nitrogens with zero attached hydrogens (tertiary/aromatic N) is 5. The number of hydrogen-bond donors (Lipinski definition) is 1. The standard InChI is InChI=1S/C20H20F2N6O3S/c1-13(16-9-15(22)3-4-18(16)31-8-6-21)25-19-5-7-27-20(26-19)17(11-23-27)14-10-24-28(12-14)32(2,29)30/h3-5,7,9-13H,6,8H2,1-2H3,(H,25,26). The van der Waals surface area contributed by atoms with Gasteiger partial charge < -0.3 is 10.1 Å². The highest BCUT2D eigenvalue weighted by Gasteiger charge is 2.17. The summed E-state index contributed by atoms with van der Waals surface area (Å²) < 4.78 is 57.6. The van der Waals surface area contributed by atoms with Crippen LogP contribution in [-0.4, -0.2) is 51.7 Å². The molecule has 168 valence electrons. The van der Waals surface area contributed by atoms with Crippen LogP contribution in [0.1, 0.15) is 18.5 Å². The lowest BCUT2D eigenvalue weighted by molar-refractivity contribution is 0.270. The molecule has 0 aliphatic carbocycles. The van der Waals surface area contributed by atoms with Crippen molar-refractivity contribution >= 4 is 21.5 Å². The van der Waals surface area contributed by atoms with Crippen molar-refractivity contribution in [3.8, 4) is 16.9 Å². The molecule has 0 fully saturated rings. The molecule has 9 nitrogen and oxygen atoms in total. The van der Waals surface area contributed by atoms with E-state index in [0.717, 1.165) is 10.3 Å². The maximum absolute atomic E-state index is 13.8. The lowest BCUT2D eigenvalue weighted by Gasteiger charge is -2.19. The van der Waals surface area contributed by atoms with E-state index in [2.05, 4.69) is 20.5 Å². The van der Waals surface area contributed by atoms with Gasteiger partial charge in [-0.3, -0.25) is 0 Å². The van der Waals surface area contributed by atoms with E-state index in [1.165, 1.54) is 30.6 Å². The van der Waals surface area contributed by atoms with Gasteiger partial charge in [-0.15, -0.1) is 0 Å². The fourth-order valence-corrected chi connectivity index (χ4v) is 3.74. The molecule has 1 aromatic carbocycles. The van der Waals surface area contributed by atoms with E-state index in [9.17, 15) is 17.2 Å². The molecule has 1 unspecified atom stereocenters. The summed E-state index contributed by atoms with van der Waals surface area (Å²) in [5.74, 6) is 0.414. The van der Waals surface area contributed by atoms with E-state index in [1.54, 1.807) is 29.9 Å². The van der Waals surface area contributed by atoms with Gasteiger partial charge in [0.1, 0.15) is 30.7 Å². The number of nitrogens with one attached hydrogen (secondary N) is 1. The summed E-state index contributed by atoms with van der Waals surface area (Å²) in [6.07, 6.45) is 7.11. The average Bonchev–Trinajstić information content (AvgIpc) is 3.39. The van der Waals surface area contributed by atoms with Gasteiger partial charge in [-0.1, -0.05) is 0 Å². The van der Waals surface area contributed by atoms with Gasteiger partial charge in [0.2, 0.25) is 0 Å². The number of hydrogen-bond acceptors (Lipinski definition) is 7. The first-order valence-corrected chi connectivity index (χ1v) is 11.5. The molecule has 32 heavy (non-hydrogen) atoms. The Hall–Kier alpha value is -3.54. The number of anilines is 1.